The highest BCUT2D eigenvalue weighted by Crippen LogP contribution is 2.11. The van der Waals surface area contributed by atoms with Gasteiger partial charge in [0, 0.05) is 26.2 Å². The van der Waals surface area contributed by atoms with Crippen LogP contribution in [0.3, 0.4) is 0 Å². The first kappa shape index (κ1) is 14.6. The number of amides is 1. The van der Waals surface area contributed by atoms with Crippen LogP contribution in [0.4, 0.5) is 4.79 Å². The second-order valence-electron chi connectivity index (χ2n) is 5.33. The number of oxime groups is 1. The van der Waals surface area contributed by atoms with E-state index in [1.807, 2.05) is 25.7 Å². The summed E-state index contributed by atoms with van der Waals surface area (Å²) in [6.45, 7) is 8.52. The first-order chi connectivity index (χ1) is 8.31. The number of nitrogens with two attached hydrogens (primary N) is 1. The first-order valence-corrected chi connectivity index (χ1v) is 5.98. The Morgan fingerprint density at radius 2 is 1.89 bits per heavy atom. The third-order valence-corrected chi connectivity index (χ3v) is 2.54. The number of amidine groups is 1. The predicted molar refractivity (Wildman–Crippen MR) is 67.7 cm³/mol. The number of carbonyl (C=O) groups is 1. The predicted octanol–water partition coefficient (Wildman–Crippen LogP) is 0.286. The van der Waals surface area contributed by atoms with E-state index in [-0.39, 0.29) is 11.9 Å². The number of hydrogen-bond donors (Lipinski definition) is 2. The fraction of sp³-hybridized carbons (Fsp3) is 0.818. The molecule has 0 aromatic rings. The van der Waals surface area contributed by atoms with Crippen molar-refractivity contribution in [1.29, 1.82) is 0 Å². The maximum atomic E-state index is 11.8. The number of carbonyl (C=O) groups excluding carboxylic acids is 1. The van der Waals surface area contributed by atoms with Gasteiger partial charge in [-0.15, -0.1) is 0 Å². The number of ether oxygens (including phenoxy) is 1. The van der Waals surface area contributed by atoms with Crippen molar-refractivity contribution < 1.29 is 14.7 Å². The summed E-state index contributed by atoms with van der Waals surface area (Å²) >= 11 is 0. The van der Waals surface area contributed by atoms with Gasteiger partial charge < -0.3 is 20.6 Å². The van der Waals surface area contributed by atoms with E-state index in [0.717, 1.165) is 0 Å². The quantitative estimate of drug-likeness (QED) is 0.321. The van der Waals surface area contributed by atoms with Gasteiger partial charge in [0.2, 0.25) is 0 Å². The standard InChI is InChI=1S/C11H22N4O3/c1-11(2,3)18-10(16)15-6-4-14(5-7-15)8-9(12)13-17/h17H,4-8H2,1-3H3,(H2,12,13). The highest BCUT2D eigenvalue weighted by molar-refractivity contribution is 5.81. The minimum absolute atomic E-state index is 0.181. The van der Waals surface area contributed by atoms with Crippen LogP contribution in [0.2, 0.25) is 0 Å². The van der Waals surface area contributed by atoms with Crippen LogP contribution in [-0.4, -0.2) is 65.3 Å². The normalized spacial score (nSPS) is 18.8. The zero-order valence-electron chi connectivity index (χ0n) is 11.2. The van der Waals surface area contributed by atoms with Crippen LogP contribution in [0.25, 0.3) is 0 Å². The fourth-order valence-electron chi connectivity index (χ4n) is 1.68. The van der Waals surface area contributed by atoms with Crippen molar-refractivity contribution in [3.63, 3.8) is 0 Å². The third kappa shape index (κ3) is 4.79. The van der Waals surface area contributed by atoms with E-state index in [2.05, 4.69) is 5.16 Å². The van der Waals surface area contributed by atoms with E-state index in [0.29, 0.717) is 32.7 Å². The molecule has 1 saturated heterocycles. The summed E-state index contributed by atoms with van der Waals surface area (Å²) in [6.07, 6.45) is -0.286. The molecule has 18 heavy (non-hydrogen) atoms. The summed E-state index contributed by atoms with van der Waals surface area (Å²) < 4.78 is 5.29. The van der Waals surface area contributed by atoms with Gasteiger partial charge in [0.1, 0.15) is 5.60 Å². The maximum Gasteiger partial charge on any atom is 0.410 e. The van der Waals surface area contributed by atoms with Gasteiger partial charge in [0.05, 0.1) is 6.54 Å². The topological polar surface area (TPSA) is 91.4 Å². The molecule has 0 radical (unpaired) electrons. The molecule has 0 aliphatic carbocycles. The van der Waals surface area contributed by atoms with E-state index in [1.165, 1.54) is 0 Å². The van der Waals surface area contributed by atoms with Crippen molar-refractivity contribution >= 4 is 11.9 Å². The lowest BCUT2D eigenvalue weighted by Gasteiger charge is -2.35. The molecule has 0 bridgehead atoms. The highest BCUT2D eigenvalue weighted by Gasteiger charge is 2.25. The summed E-state index contributed by atoms with van der Waals surface area (Å²) in [5.41, 5.74) is 4.96. The number of nitrogens with zero attached hydrogens (tertiary/aromatic N) is 3. The average molecular weight is 258 g/mol. The minimum Gasteiger partial charge on any atom is -0.444 e. The van der Waals surface area contributed by atoms with Gasteiger partial charge in [-0.2, -0.15) is 0 Å². The molecular formula is C11H22N4O3. The molecule has 1 fully saturated rings. The highest BCUT2D eigenvalue weighted by atomic mass is 16.6. The van der Waals surface area contributed by atoms with Gasteiger partial charge in [0.25, 0.3) is 0 Å². The summed E-state index contributed by atoms with van der Waals surface area (Å²) in [4.78, 5) is 15.5. The molecule has 1 heterocycles. The first-order valence-electron chi connectivity index (χ1n) is 5.98. The van der Waals surface area contributed by atoms with Crippen LogP contribution < -0.4 is 5.73 Å². The zero-order valence-corrected chi connectivity index (χ0v) is 11.2. The fourth-order valence-corrected chi connectivity index (χ4v) is 1.68. The Morgan fingerprint density at radius 1 is 1.33 bits per heavy atom. The van der Waals surface area contributed by atoms with Crippen molar-refractivity contribution in [2.24, 2.45) is 10.9 Å². The van der Waals surface area contributed by atoms with Crippen LogP contribution in [0, 0.1) is 0 Å². The van der Waals surface area contributed by atoms with E-state index in [9.17, 15) is 4.79 Å². The average Bonchev–Trinajstić information content (AvgIpc) is 2.27. The Balaban J connectivity index is 2.37. The molecular weight excluding hydrogens is 236 g/mol. The number of rotatable bonds is 2. The molecule has 1 aliphatic rings. The maximum absolute atomic E-state index is 11.8. The second-order valence-corrected chi connectivity index (χ2v) is 5.33. The van der Waals surface area contributed by atoms with Gasteiger partial charge in [-0.1, -0.05) is 5.16 Å². The Morgan fingerprint density at radius 3 is 2.33 bits per heavy atom. The van der Waals surface area contributed by atoms with Gasteiger partial charge in [-0.3, -0.25) is 4.90 Å². The van der Waals surface area contributed by atoms with E-state index in [1.54, 1.807) is 4.90 Å². The summed E-state index contributed by atoms with van der Waals surface area (Å²) in [5, 5.41) is 11.4. The van der Waals surface area contributed by atoms with Crippen LogP contribution >= 0.6 is 0 Å². The molecule has 104 valence electrons. The number of piperazine rings is 1. The van der Waals surface area contributed by atoms with Crippen LogP contribution in [-0.2, 0) is 4.74 Å². The van der Waals surface area contributed by atoms with E-state index >= 15 is 0 Å². The van der Waals surface area contributed by atoms with Gasteiger partial charge in [-0.25, -0.2) is 4.79 Å². The van der Waals surface area contributed by atoms with Crippen molar-refractivity contribution in [2.45, 2.75) is 26.4 Å². The molecule has 7 nitrogen and oxygen atoms in total. The molecule has 0 atom stereocenters. The van der Waals surface area contributed by atoms with Gasteiger partial charge in [-0.05, 0) is 20.8 Å². The van der Waals surface area contributed by atoms with Crippen molar-refractivity contribution in [2.75, 3.05) is 32.7 Å². The molecule has 3 N–H and O–H groups in total. The molecule has 0 spiro atoms. The molecule has 0 saturated carbocycles. The Bertz CT molecular complexity index is 317. The van der Waals surface area contributed by atoms with Gasteiger partial charge >= 0.3 is 6.09 Å². The lowest BCUT2D eigenvalue weighted by molar-refractivity contribution is 0.0156. The molecule has 0 unspecified atom stereocenters. The minimum atomic E-state index is -0.470. The van der Waals surface area contributed by atoms with Crippen molar-refractivity contribution in [1.82, 2.24) is 9.80 Å². The Hall–Kier alpha value is -1.50. The summed E-state index contributed by atoms with van der Waals surface area (Å²) in [7, 11) is 0. The van der Waals surface area contributed by atoms with Gasteiger partial charge in [0.15, 0.2) is 5.84 Å². The summed E-state index contributed by atoms with van der Waals surface area (Å²) in [5.74, 6) is 0.181. The largest absolute Gasteiger partial charge is 0.444 e. The monoisotopic (exact) mass is 258 g/mol. The van der Waals surface area contributed by atoms with Crippen LogP contribution in [0.1, 0.15) is 20.8 Å². The molecule has 0 aromatic carbocycles. The smallest absolute Gasteiger partial charge is 0.410 e. The second kappa shape index (κ2) is 5.90. The van der Waals surface area contributed by atoms with Crippen molar-refractivity contribution in [3.8, 4) is 0 Å². The molecule has 1 rings (SSSR count). The molecule has 1 aliphatic heterocycles. The summed E-state index contributed by atoms with van der Waals surface area (Å²) in [6, 6.07) is 0. The Labute approximate surface area is 107 Å². The number of hydrogen-bond acceptors (Lipinski definition) is 5. The van der Waals surface area contributed by atoms with Crippen LogP contribution in [0.15, 0.2) is 5.16 Å². The van der Waals surface area contributed by atoms with Crippen LogP contribution in [0.5, 0.6) is 0 Å². The lowest BCUT2D eigenvalue weighted by atomic mass is 10.2. The van der Waals surface area contributed by atoms with E-state index < -0.39 is 5.60 Å². The Kier molecular flexibility index (Phi) is 4.77. The van der Waals surface area contributed by atoms with Crippen molar-refractivity contribution in [3.05, 3.63) is 0 Å². The molecule has 1 amide bonds. The molecule has 0 aromatic heterocycles. The zero-order chi connectivity index (χ0) is 13.8. The van der Waals surface area contributed by atoms with E-state index in [4.69, 9.17) is 15.7 Å². The third-order valence-electron chi connectivity index (χ3n) is 2.54. The molecule has 7 heteroatoms. The lowest BCUT2D eigenvalue weighted by Crippen LogP contribution is -2.51. The SMILES string of the molecule is CC(C)(C)OC(=O)N1CCN(CC(N)=NO)CC1.